The van der Waals surface area contributed by atoms with E-state index in [-0.39, 0.29) is 0 Å². The molecule has 1 unspecified atom stereocenters. The molecule has 0 bridgehead atoms. The lowest BCUT2D eigenvalue weighted by Gasteiger charge is -2.46. The summed E-state index contributed by atoms with van der Waals surface area (Å²) in [5, 5.41) is 7.67. The third kappa shape index (κ3) is 6.16. The first-order chi connectivity index (χ1) is 11.7. The van der Waals surface area contributed by atoms with Crippen LogP contribution in [0.5, 0.6) is 0 Å². The zero-order valence-corrected chi connectivity index (χ0v) is 15.9. The molecule has 0 aromatic heterocycles. The highest BCUT2D eigenvalue weighted by Crippen LogP contribution is 2.26. The van der Waals surface area contributed by atoms with Gasteiger partial charge in [-0.1, -0.05) is 24.8 Å². The fourth-order valence-electron chi connectivity index (χ4n) is 4.39. The van der Waals surface area contributed by atoms with Crippen molar-refractivity contribution in [1.82, 2.24) is 15.5 Å². The summed E-state index contributed by atoms with van der Waals surface area (Å²) in [7, 11) is 0. The Labute approximate surface area is 149 Å². The number of nitrogens with zero attached hydrogens (tertiary/aromatic N) is 1. The van der Waals surface area contributed by atoms with Crippen LogP contribution in [-0.4, -0.2) is 48.7 Å². The predicted octanol–water partition coefficient (Wildman–Crippen LogP) is 3.85. The molecule has 24 heavy (non-hydrogen) atoms. The second-order valence-corrected chi connectivity index (χ2v) is 8.67. The van der Waals surface area contributed by atoms with Gasteiger partial charge in [-0.15, -0.1) is 6.58 Å². The van der Waals surface area contributed by atoms with Crippen molar-refractivity contribution in [2.45, 2.75) is 102 Å². The molecule has 1 heterocycles. The van der Waals surface area contributed by atoms with Gasteiger partial charge in [0.1, 0.15) is 0 Å². The SMILES string of the molecule is C=C(C)CCCC(CCNC1CN(C2CCCCC2)C1)NC1CC1. The predicted molar refractivity (Wildman–Crippen MR) is 103 cm³/mol. The quantitative estimate of drug-likeness (QED) is 0.562. The normalized spacial score (nSPS) is 24.7. The largest absolute Gasteiger partial charge is 0.311 e. The number of allylic oxidation sites excluding steroid dienone is 1. The van der Waals surface area contributed by atoms with Crippen LogP contribution in [0.1, 0.15) is 77.6 Å². The minimum absolute atomic E-state index is 0.707. The van der Waals surface area contributed by atoms with Gasteiger partial charge in [0.2, 0.25) is 0 Å². The first-order valence-corrected chi connectivity index (χ1v) is 10.6. The molecule has 3 fully saturated rings. The van der Waals surface area contributed by atoms with Crippen LogP contribution in [0.3, 0.4) is 0 Å². The van der Waals surface area contributed by atoms with Gasteiger partial charge in [-0.25, -0.2) is 0 Å². The summed E-state index contributed by atoms with van der Waals surface area (Å²) in [6.07, 6.45) is 15.1. The van der Waals surface area contributed by atoms with Crippen molar-refractivity contribution in [2.24, 2.45) is 0 Å². The topological polar surface area (TPSA) is 27.3 Å². The average Bonchev–Trinajstić information content (AvgIpc) is 3.33. The smallest absolute Gasteiger partial charge is 0.0322 e. The summed E-state index contributed by atoms with van der Waals surface area (Å²) in [6, 6.07) is 3.19. The molecule has 0 radical (unpaired) electrons. The monoisotopic (exact) mass is 333 g/mol. The maximum Gasteiger partial charge on any atom is 0.0322 e. The van der Waals surface area contributed by atoms with E-state index < -0.39 is 0 Å². The summed E-state index contributed by atoms with van der Waals surface area (Å²) in [4.78, 5) is 2.73. The molecule has 2 aliphatic carbocycles. The van der Waals surface area contributed by atoms with Crippen LogP contribution in [0.4, 0.5) is 0 Å². The minimum atomic E-state index is 0.707. The average molecular weight is 334 g/mol. The highest BCUT2D eigenvalue weighted by molar-refractivity contribution is 4.92. The maximum atomic E-state index is 4.04. The van der Waals surface area contributed by atoms with E-state index in [0.717, 1.165) is 18.1 Å². The summed E-state index contributed by atoms with van der Waals surface area (Å²) in [5.74, 6) is 0. The Bertz CT molecular complexity index is 379. The molecule has 3 heteroatoms. The third-order valence-electron chi connectivity index (χ3n) is 6.13. The van der Waals surface area contributed by atoms with Gasteiger partial charge < -0.3 is 10.6 Å². The van der Waals surface area contributed by atoms with E-state index >= 15 is 0 Å². The standard InChI is InChI=1S/C21H39N3/c1-17(2)7-6-8-18(23-19-11-12-19)13-14-22-20-15-24(16-20)21-9-4-3-5-10-21/h18-23H,1,3-16H2,2H3. The van der Waals surface area contributed by atoms with Crippen LogP contribution >= 0.6 is 0 Å². The van der Waals surface area contributed by atoms with E-state index in [2.05, 4.69) is 29.0 Å². The van der Waals surface area contributed by atoms with E-state index in [0.29, 0.717) is 6.04 Å². The highest BCUT2D eigenvalue weighted by Gasteiger charge is 2.32. The minimum Gasteiger partial charge on any atom is -0.311 e. The summed E-state index contributed by atoms with van der Waals surface area (Å²) in [6.45, 7) is 9.96. The first-order valence-electron chi connectivity index (χ1n) is 10.6. The molecular weight excluding hydrogens is 294 g/mol. The van der Waals surface area contributed by atoms with Crippen LogP contribution < -0.4 is 10.6 Å². The molecule has 0 aromatic rings. The molecule has 3 aliphatic rings. The summed E-state index contributed by atoms with van der Waals surface area (Å²) < 4.78 is 0. The molecule has 2 N–H and O–H groups in total. The zero-order chi connectivity index (χ0) is 16.8. The van der Waals surface area contributed by atoms with Crippen LogP contribution in [0.25, 0.3) is 0 Å². The molecular formula is C21H39N3. The highest BCUT2D eigenvalue weighted by atomic mass is 15.3. The second kappa shape index (κ2) is 9.35. The zero-order valence-electron chi connectivity index (χ0n) is 15.9. The number of nitrogens with one attached hydrogen (secondary N) is 2. The lowest BCUT2D eigenvalue weighted by atomic mass is 9.91. The van der Waals surface area contributed by atoms with Gasteiger partial charge in [0.15, 0.2) is 0 Å². The van der Waals surface area contributed by atoms with Gasteiger partial charge in [-0.2, -0.15) is 0 Å². The number of hydrogen-bond donors (Lipinski definition) is 2. The molecule has 0 aromatic carbocycles. The first kappa shape index (κ1) is 18.4. The van der Waals surface area contributed by atoms with Crippen molar-refractivity contribution >= 4 is 0 Å². The Morgan fingerprint density at radius 1 is 1.04 bits per heavy atom. The van der Waals surface area contributed by atoms with E-state index in [9.17, 15) is 0 Å². The summed E-state index contributed by atoms with van der Waals surface area (Å²) in [5.41, 5.74) is 1.33. The van der Waals surface area contributed by atoms with Crippen LogP contribution in [0.2, 0.25) is 0 Å². The van der Waals surface area contributed by atoms with E-state index in [1.165, 1.54) is 95.8 Å². The second-order valence-electron chi connectivity index (χ2n) is 8.67. The van der Waals surface area contributed by atoms with Crippen molar-refractivity contribution in [2.75, 3.05) is 19.6 Å². The fourth-order valence-corrected chi connectivity index (χ4v) is 4.39. The Kier molecular flexibility index (Phi) is 7.18. The summed E-state index contributed by atoms with van der Waals surface area (Å²) >= 11 is 0. The maximum absolute atomic E-state index is 4.04. The molecule has 3 rings (SSSR count). The van der Waals surface area contributed by atoms with E-state index in [1.54, 1.807) is 0 Å². The van der Waals surface area contributed by atoms with Gasteiger partial charge in [0.25, 0.3) is 0 Å². The molecule has 138 valence electrons. The van der Waals surface area contributed by atoms with Gasteiger partial charge in [0.05, 0.1) is 0 Å². The lowest BCUT2D eigenvalue weighted by Crippen LogP contribution is -2.61. The van der Waals surface area contributed by atoms with Crippen molar-refractivity contribution < 1.29 is 0 Å². The van der Waals surface area contributed by atoms with Crippen molar-refractivity contribution in [3.05, 3.63) is 12.2 Å². The molecule has 1 atom stereocenters. The van der Waals surface area contributed by atoms with Gasteiger partial charge in [0, 0.05) is 37.3 Å². The van der Waals surface area contributed by atoms with Crippen molar-refractivity contribution in [1.29, 1.82) is 0 Å². The Morgan fingerprint density at radius 3 is 2.46 bits per heavy atom. The van der Waals surface area contributed by atoms with Gasteiger partial charge in [-0.05, 0) is 64.8 Å². The van der Waals surface area contributed by atoms with Crippen LogP contribution in [0.15, 0.2) is 12.2 Å². The Morgan fingerprint density at radius 2 is 1.79 bits per heavy atom. The van der Waals surface area contributed by atoms with Crippen LogP contribution in [0, 0.1) is 0 Å². The Hall–Kier alpha value is -0.380. The van der Waals surface area contributed by atoms with E-state index in [4.69, 9.17) is 0 Å². The van der Waals surface area contributed by atoms with Gasteiger partial charge >= 0.3 is 0 Å². The van der Waals surface area contributed by atoms with Crippen molar-refractivity contribution in [3.63, 3.8) is 0 Å². The van der Waals surface area contributed by atoms with Crippen LogP contribution in [-0.2, 0) is 0 Å². The molecule has 1 saturated heterocycles. The Balaban J connectivity index is 1.27. The van der Waals surface area contributed by atoms with E-state index in [1.807, 2.05) is 0 Å². The van der Waals surface area contributed by atoms with Gasteiger partial charge in [-0.3, -0.25) is 4.90 Å². The molecule has 0 spiro atoms. The van der Waals surface area contributed by atoms with Crippen molar-refractivity contribution in [3.8, 4) is 0 Å². The molecule has 1 aliphatic heterocycles. The molecule has 3 nitrogen and oxygen atoms in total. The number of rotatable bonds is 11. The molecule has 0 amide bonds. The molecule has 2 saturated carbocycles. The number of likely N-dealkylation sites (tertiary alicyclic amines) is 1. The lowest BCUT2D eigenvalue weighted by molar-refractivity contribution is 0.0559. The number of hydrogen-bond acceptors (Lipinski definition) is 3. The third-order valence-corrected chi connectivity index (χ3v) is 6.13. The fraction of sp³-hybridized carbons (Fsp3) is 0.905.